The van der Waals surface area contributed by atoms with Crippen molar-refractivity contribution in [3.05, 3.63) is 0 Å². The predicted molar refractivity (Wildman–Crippen MR) is 68.5 cm³/mol. The van der Waals surface area contributed by atoms with Crippen molar-refractivity contribution in [2.24, 2.45) is 5.73 Å². The molecule has 0 amide bonds. The van der Waals surface area contributed by atoms with Gasteiger partial charge in [0, 0.05) is 44.3 Å². The molecule has 0 bridgehead atoms. The third-order valence-corrected chi connectivity index (χ3v) is 4.33. The van der Waals surface area contributed by atoms with Crippen molar-refractivity contribution >= 4 is 0 Å². The standard InChI is InChI=1S/C13H27N3/c1-11(2)15-7-9-16(10-8-15)13-6-4-3-5-12(13)14/h11-13H,3-10,14H2,1-2H3/t12?,13-/m0/s1. The Kier molecular flexibility index (Phi) is 4.22. The number of rotatable bonds is 2. The third kappa shape index (κ3) is 2.76. The lowest BCUT2D eigenvalue weighted by atomic mass is 9.89. The maximum Gasteiger partial charge on any atom is 0.0248 e. The minimum atomic E-state index is 0.430. The average Bonchev–Trinajstić information content (AvgIpc) is 2.30. The summed E-state index contributed by atoms with van der Waals surface area (Å²) in [6.45, 7) is 9.47. The first-order valence-corrected chi connectivity index (χ1v) is 6.92. The zero-order valence-electron chi connectivity index (χ0n) is 10.9. The van der Waals surface area contributed by atoms with Crippen LogP contribution < -0.4 is 5.73 Å². The fourth-order valence-electron chi connectivity index (χ4n) is 3.18. The molecule has 1 saturated heterocycles. The van der Waals surface area contributed by atoms with E-state index in [1.54, 1.807) is 0 Å². The normalized spacial score (nSPS) is 34.5. The van der Waals surface area contributed by atoms with Crippen LogP contribution in [0.15, 0.2) is 0 Å². The van der Waals surface area contributed by atoms with E-state index in [1.807, 2.05) is 0 Å². The van der Waals surface area contributed by atoms with E-state index in [1.165, 1.54) is 51.9 Å². The highest BCUT2D eigenvalue weighted by Gasteiger charge is 2.30. The molecule has 16 heavy (non-hydrogen) atoms. The molecule has 1 saturated carbocycles. The zero-order chi connectivity index (χ0) is 11.5. The minimum absolute atomic E-state index is 0.430. The fourth-order valence-corrected chi connectivity index (χ4v) is 3.18. The first kappa shape index (κ1) is 12.3. The number of nitrogens with two attached hydrogens (primary N) is 1. The van der Waals surface area contributed by atoms with E-state index in [-0.39, 0.29) is 0 Å². The number of hydrogen-bond acceptors (Lipinski definition) is 3. The van der Waals surface area contributed by atoms with Crippen molar-refractivity contribution in [1.29, 1.82) is 0 Å². The molecule has 2 rings (SSSR count). The Morgan fingerprint density at radius 1 is 1.00 bits per heavy atom. The second-order valence-corrected chi connectivity index (χ2v) is 5.68. The molecule has 1 aliphatic heterocycles. The van der Waals surface area contributed by atoms with E-state index >= 15 is 0 Å². The van der Waals surface area contributed by atoms with E-state index < -0.39 is 0 Å². The van der Waals surface area contributed by atoms with Gasteiger partial charge in [-0.05, 0) is 26.7 Å². The lowest BCUT2D eigenvalue weighted by molar-refractivity contribution is 0.0564. The highest BCUT2D eigenvalue weighted by molar-refractivity contribution is 4.88. The molecule has 2 fully saturated rings. The van der Waals surface area contributed by atoms with Gasteiger partial charge in [-0.2, -0.15) is 0 Å². The fraction of sp³-hybridized carbons (Fsp3) is 1.00. The van der Waals surface area contributed by atoms with Crippen molar-refractivity contribution in [2.45, 2.75) is 57.7 Å². The summed E-state index contributed by atoms with van der Waals surface area (Å²) in [4.78, 5) is 5.22. The van der Waals surface area contributed by atoms with Crippen LogP contribution >= 0.6 is 0 Å². The van der Waals surface area contributed by atoms with Crippen molar-refractivity contribution in [1.82, 2.24) is 9.80 Å². The highest BCUT2D eigenvalue weighted by atomic mass is 15.3. The topological polar surface area (TPSA) is 32.5 Å². The Morgan fingerprint density at radius 2 is 1.62 bits per heavy atom. The molecule has 0 radical (unpaired) electrons. The smallest absolute Gasteiger partial charge is 0.0248 e. The van der Waals surface area contributed by atoms with Crippen LogP contribution in [0.5, 0.6) is 0 Å². The van der Waals surface area contributed by atoms with Crippen LogP contribution in [0.25, 0.3) is 0 Å². The van der Waals surface area contributed by atoms with Crippen LogP contribution in [0.3, 0.4) is 0 Å². The van der Waals surface area contributed by atoms with Crippen molar-refractivity contribution < 1.29 is 0 Å². The molecule has 3 nitrogen and oxygen atoms in total. The molecule has 3 heteroatoms. The van der Waals surface area contributed by atoms with E-state index in [0.717, 1.165) is 0 Å². The summed E-state index contributed by atoms with van der Waals surface area (Å²) in [6.07, 6.45) is 5.27. The Balaban J connectivity index is 1.83. The monoisotopic (exact) mass is 225 g/mol. The van der Waals surface area contributed by atoms with Gasteiger partial charge in [0.15, 0.2) is 0 Å². The van der Waals surface area contributed by atoms with Gasteiger partial charge in [-0.3, -0.25) is 9.80 Å². The second kappa shape index (κ2) is 5.48. The minimum Gasteiger partial charge on any atom is -0.326 e. The average molecular weight is 225 g/mol. The summed E-state index contributed by atoms with van der Waals surface area (Å²) in [5.74, 6) is 0. The summed E-state index contributed by atoms with van der Waals surface area (Å²) in [7, 11) is 0. The van der Waals surface area contributed by atoms with Crippen molar-refractivity contribution in [3.63, 3.8) is 0 Å². The molecule has 94 valence electrons. The van der Waals surface area contributed by atoms with E-state index in [4.69, 9.17) is 5.73 Å². The van der Waals surface area contributed by atoms with E-state index in [9.17, 15) is 0 Å². The molecule has 0 aromatic heterocycles. The molecular weight excluding hydrogens is 198 g/mol. The van der Waals surface area contributed by atoms with Gasteiger partial charge in [0.2, 0.25) is 0 Å². The Hall–Kier alpha value is -0.120. The summed E-state index contributed by atoms with van der Waals surface area (Å²) in [5, 5.41) is 0. The maximum absolute atomic E-state index is 6.25. The molecule has 0 aromatic carbocycles. The lowest BCUT2D eigenvalue weighted by Crippen LogP contribution is -2.57. The second-order valence-electron chi connectivity index (χ2n) is 5.68. The quantitative estimate of drug-likeness (QED) is 0.768. The van der Waals surface area contributed by atoms with Crippen molar-refractivity contribution in [2.75, 3.05) is 26.2 Å². The molecule has 1 heterocycles. The molecule has 0 aromatic rings. The van der Waals surface area contributed by atoms with Gasteiger partial charge in [0.25, 0.3) is 0 Å². The van der Waals surface area contributed by atoms with Crippen LogP contribution in [0.2, 0.25) is 0 Å². The first-order valence-electron chi connectivity index (χ1n) is 6.92. The molecule has 1 aliphatic carbocycles. The Morgan fingerprint density at radius 3 is 2.19 bits per heavy atom. The Labute approximate surface area is 100.0 Å². The maximum atomic E-state index is 6.25. The number of piperazine rings is 1. The van der Waals surface area contributed by atoms with Crippen LogP contribution in [0, 0.1) is 0 Å². The highest BCUT2D eigenvalue weighted by Crippen LogP contribution is 2.23. The summed E-state index contributed by atoms with van der Waals surface area (Å²) >= 11 is 0. The third-order valence-electron chi connectivity index (χ3n) is 4.33. The van der Waals surface area contributed by atoms with Gasteiger partial charge < -0.3 is 5.73 Å². The Bertz CT molecular complexity index is 209. The van der Waals surface area contributed by atoms with Gasteiger partial charge in [-0.1, -0.05) is 12.8 Å². The van der Waals surface area contributed by atoms with Crippen LogP contribution in [-0.4, -0.2) is 54.1 Å². The van der Waals surface area contributed by atoms with Crippen LogP contribution in [0.1, 0.15) is 39.5 Å². The predicted octanol–water partition coefficient (Wildman–Crippen LogP) is 1.28. The van der Waals surface area contributed by atoms with Gasteiger partial charge in [-0.25, -0.2) is 0 Å². The van der Waals surface area contributed by atoms with Crippen LogP contribution in [0.4, 0.5) is 0 Å². The first-order chi connectivity index (χ1) is 7.68. The summed E-state index contributed by atoms with van der Waals surface area (Å²) in [5.41, 5.74) is 6.25. The molecule has 1 unspecified atom stereocenters. The number of nitrogens with zero attached hydrogens (tertiary/aromatic N) is 2. The summed E-state index contributed by atoms with van der Waals surface area (Å²) in [6, 6.07) is 1.80. The van der Waals surface area contributed by atoms with Gasteiger partial charge in [0.05, 0.1) is 0 Å². The molecule has 2 N–H and O–H groups in total. The summed E-state index contributed by atoms with van der Waals surface area (Å²) < 4.78 is 0. The molecular formula is C13H27N3. The molecule has 2 atom stereocenters. The number of hydrogen-bond donors (Lipinski definition) is 1. The lowest BCUT2D eigenvalue weighted by Gasteiger charge is -2.44. The van der Waals surface area contributed by atoms with E-state index in [2.05, 4.69) is 23.6 Å². The van der Waals surface area contributed by atoms with Gasteiger partial charge >= 0.3 is 0 Å². The largest absolute Gasteiger partial charge is 0.326 e. The molecule has 2 aliphatic rings. The van der Waals surface area contributed by atoms with Gasteiger partial charge in [-0.15, -0.1) is 0 Å². The van der Waals surface area contributed by atoms with Gasteiger partial charge in [0.1, 0.15) is 0 Å². The van der Waals surface area contributed by atoms with Crippen LogP contribution in [-0.2, 0) is 0 Å². The molecule has 0 spiro atoms. The van der Waals surface area contributed by atoms with Crippen molar-refractivity contribution in [3.8, 4) is 0 Å². The zero-order valence-corrected chi connectivity index (χ0v) is 10.9. The van der Waals surface area contributed by atoms with E-state index in [0.29, 0.717) is 18.1 Å². The SMILES string of the molecule is CC(C)N1CCN([C@H]2CCCCC2N)CC1.